The minimum atomic E-state index is -1.15. The van der Waals surface area contributed by atoms with Crippen LogP contribution in [0.1, 0.15) is 21.0 Å². The summed E-state index contributed by atoms with van der Waals surface area (Å²) < 4.78 is 34.9. The molecule has 15 heteroatoms. The van der Waals surface area contributed by atoms with Crippen LogP contribution in [-0.2, 0) is 11.8 Å². The molecular formula is C27H26ClF2N7O5. The van der Waals surface area contributed by atoms with Crippen LogP contribution in [0.4, 0.5) is 19.3 Å². The maximum atomic E-state index is 14.6. The average Bonchev–Trinajstić information content (AvgIpc) is 3.59. The van der Waals surface area contributed by atoms with Crippen molar-refractivity contribution in [1.29, 1.82) is 0 Å². The number of hydrogen-bond acceptors (Lipinski definition) is 6. The molecule has 3 aromatic rings. The molecule has 0 radical (unpaired) electrons. The molecule has 2 fully saturated rings. The number of piperazine rings is 1. The Bertz CT molecular complexity index is 1590. The molecule has 1 atom stereocenters. The van der Waals surface area contributed by atoms with E-state index in [9.17, 15) is 28.0 Å². The van der Waals surface area contributed by atoms with Gasteiger partial charge < -0.3 is 35.1 Å². The molecular weight excluding hydrogens is 576 g/mol. The number of carbonyl (C=O) groups excluding carboxylic acids is 4. The highest BCUT2D eigenvalue weighted by atomic mass is 35.5. The molecule has 1 aromatic heterocycles. The van der Waals surface area contributed by atoms with Gasteiger partial charge in [0, 0.05) is 51.0 Å². The van der Waals surface area contributed by atoms with Crippen LogP contribution in [0.25, 0.3) is 11.3 Å². The summed E-state index contributed by atoms with van der Waals surface area (Å²) in [6, 6.07) is 6.01. The van der Waals surface area contributed by atoms with Gasteiger partial charge in [0.15, 0.2) is 17.4 Å². The van der Waals surface area contributed by atoms with E-state index in [1.807, 2.05) is 0 Å². The lowest BCUT2D eigenvalue weighted by molar-refractivity contribution is -0.134. The lowest BCUT2D eigenvalue weighted by Crippen LogP contribution is -2.55. The second-order valence-corrected chi connectivity index (χ2v) is 10.0. The van der Waals surface area contributed by atoms with Crippen molar-refractivity contribution in [2.75, 3.05) is 45.2 Å². The van der Waals surface area contributed by atoms with Crippen molar-refractivity contribution in [1.82, 2.24) is 30.0 Å². The fourth-order valence-electron chi connectivity index (χ4n) is 4.84. The quantitative estimate of drug-likeness (QED) is 0.396. The highest BCUT2D eigenvalue weighted by molar-refractivity contribution is 6.34. The Morgan fingerprint density at radius 1 is 1.07 bits per heavy atom. The Kier molecular flexibility index (Phi) is 7.98. The molecule has 1 unspecified atom stereocenters. The first kappa shape index (κ1) is 28.8. The van der Waals surface area contributed by atoms with Crippen LogP contribution < -0.4 is 20.7 Å². The first-order chi connectivity index (χ1) is 20.1. The number of anilines is 1. The van der Waals surface area contributed by atoms with Gasteiger partial charge in [-0.3, -0.25) is 14.4 Å². The molecule has 0 saturated carbocycles. The smallest absolute Gasteiger partial charge is 0.315 e. The summed E-state index contributed by atoms with van der Waals surface area (Å²) in [6.07, 6.45) is 1.25. The number of hydrogen-bond donors (Lipinski definition) is 3. The van der Waals surface area contributed by atoms with E-state index in [0.29, 0.717) is 13.1 Å². The van der Waals surface area contributed by atoms with Gasteiger partial charge in [-0.2, -0.15) is 4.39 Å². The molecule has 2 saturated heterocycles. The van der Waals surface area contributed by atoms with E-state index in [2.05, 4.69) is 20.9 Å². The van der Waals surface area contributed by atoms with Gasteiger partial charge in [-0.15, -0.1) is 0 Å². The lowest BCUT2D eigenvalue weighted by Gasteiger charge is -2.35. The van der Waals surface area contributed by atoms with Crippen LogP contribution in [0.5, 0.6) is 5.75 Å². The van der Waals surface area contributed by atoms with Crippen molar-refractivity contribution in [2.24, 2.45) is 7.05 Å². The summed E-state index contributed by atoms with van der Waals surface area (Å²) in [5, 5.41) is 7.86. The number of imidazole rings is 1. The molecule has 2 aliphatic rings. The normalized spacial score (nSPS) is 16.6. The number of benzene rings is 2. The predicted octanol–water partition coefficient (Wildman–Crippen LogP) is 2.25. The van der Waals surface area contributed by atoms with Gasteiger partial charge in [0.1, 0.15) is 6.04 Å². The van der Waals surface area contributed by atoms with Crippen LogP contribution in [0.3, 0.4) is 0 Å². The number of methoxy groups -OCH3 is 1. The van der Waals surface area contributed by atoms with E-state index in [-0.39, 0.29) is 76.6 Å². The number of nitrogens with zero attached hydrogens (tertiary/aromatic N) is 4. The standard InChI is InChI=1S/C27H26ClF2N7O5/c1-35-19(16-5-6-20(42-2)22(30)21(16)29)13-31-23(35)24(38)33-14-3-4-15(17(28)11-14)25(39)36-7-9-37(10-8-36)26(40)18-12-32-27(41)34-18/h3-6,11,13,18H,7-10,12H2,1-2H3,(H,33,38)(H2,32,34,41). The number of ether oxygens (including phenoxy) is 1. The Balaban J connectivity index is 1.22. The molecule has 5 rings (SSSR count). The summed E-state index contributed by atoms with van der Waals surface area (Å²) in [6.45, 7) is 1.40. The maximum absolute atomic E-state index is 14.6. The van der Waals surface area contributed by atoms with E-state index in [0.717, 1.165) is 0 Å². The second-order valence-electron chi connectivity index (χ2n) is 9.64. The van der Waals surface area contributed by atoms with E-state index >= 15 is 0 Å². The molecule has 0 bridgehead atoms. The van der Waals surface area contributed by atoms with Gasteiger partial charge >= 0.3 is 6.03 Å². The van der Waals surface area contributed by atoms with Gasteiger partial charge in [-0.1, -0.05) is 11.6 Å². The predicted molar refractivity (Wildman–Crippen MR) is 147 cm³/mol. The van der Waals surface area contributed by atoms with E-state index in [1.54, 1.807) is 9.80 Å². The monoisotopic (exact) mass is 601 g/mol. The van der Waals surface area contributed by atoms with Crippen molar-refractivity contribution in [3.63, 3.8) is 0 Å². The van der Waals surface area contributed by atoms with Gasteiger partial charge in [0.2, 0.25) is 11.7 Å². The Labute approximate surface area is 243 Å². The van der Waals surface area contributed by atoms with Crippen LogP contribution in [-0.4, -0.2) is 89.0 Å². The molecule has 5 amide bonds. The highest BCUT2D eigenvalue weighted by Crippen LogP contribution is 2.30. The van der Waals surface area contributed by atoms with Crippen LogP contribution in [0, 0.1) is 11.6 Å². The number of carbonyl (C=O) groups is 4. The zero-order valence-electron chi connectivity index (χ0n) is 22.5. The van der Waals surface area contributed by atoms with E-state index in [1.165, 1.54) is 55.3 Å². The SMILES string of the molecule is COc1ccc(-c2cnc(C(=O)Nc3ccc(C(=O)N4CCN(C(=O)C5CNC(=O)N5)CC4)c(Cl)c3)n2C)c(F)c1F. The molecule has 42 heavy (non-hydrogen) atoms. The topological polar surface area (TPSA) is 138 Å². The van der Waals surface area contributed by atoms with Crippen molar-refractivity contribution in [2.45, 2.75) is 6.04 Å². The Morgan fingerprint density at radius 3 is 2.43 bits per heavy atom. The van der Waals surface area contributed by atoms with Gasteiger partial charge in [-0.05, 0) is 30.3 Å². The van der Waals surface area contributed by atoms with Gasteiger partial charge in [0.25, 0.3) is 11.8 Å². The summed E-state index contributed by atoms with van der Waals surface area (Å²) in [5.74, 6) is -3.79. The van der Waals surface area contributed by atoms with Crippen molar-refractivity contribution < 1.29 is 32.7 Å². The van der Waals surface area contributed by atoms with Crippen LogP contribution >= 0.6 is 11.6 Å². The molecule has 2 aliphatic heterocycles. The zero-order chi connectivity index (χ0) is 30.1. The third kappa shape index (κ3) is 5.44. The largest absolute Gasteiger partial charge is 0.494 e. The average molecular weight is 602 g/mol. The summed E-state index contributed by atoms with van der Waals surface area (Å²) in [7, 11) is 2.71. The third-order valence-electron chi connectivity index (χ3n) is 7.14. The van der Waals surface area contributed by atoms with Gasteiger partial charge in [-0.25, -0.2) is 14.2 Å². The van der Waals surface area contributed by atoms with Crippen LogP contribution in [0.2, 0.25) is 5.02 Å². The van der Waals surface area contributed by atoms with Crippen molar-refractivity contribution >= 4 is 41.0 Å². The Morgan fingerprint density at radius 2 is 1.79 bits per heavy atom. The first-order valence-electron chi connectivity index (χ1n) is 12.9. The fraction of sp³-hybridized carbons (Fsp3) is 0.296. The Hall–Kier alpha value is -4.72. The molecule has 0 aliphatic carbocycles. The summed E-state index contributed by atoms with van der Waals surface area (Å²) >= 11 is 6.41. The maximum Gasteiger partial charge on any atom is 0.315 e. The molecule has 220 valence electrons. The zero-order valence-corrected chi connectivity index (χ0v) is 23.3. The molecule has 0 spiro atoms. The third-order valence-corrected chi connectivity index (χ3v) is 7.45. The summed E-state index contributed by atoms with van der Waals surface area (Å²) in [4.78, 5) is 57.2. The molecule has 3 heterocycles. The van der Waals surface area contributed by atoms with Gasteiger partial charge in [0.05, 0.1) is 29.6 Å². The molecule has 2 aromatic carbocycles. The fourth-order valence-corrected chi connectivity index (χ4v) is 5.10. The summed E-state index contributed by atoms with van der Waals surface area (Å²) in [5.41, 5.74) is 0.582. The lowest BCUT2D eigenvalue weighted by atomic mass is 10.1. The number of amides is 5. The number of halogens is 3. The second kappa shape index (κ2) is 11.6. The highest BCUT2D eigenvalue weighted by Gasteiger charge is 2.33. The minimum Gasteiger partial charge on any atom is -0.494 e. The van der Waals surface area contributed by atoms with Crippen molar-refractivity contribution in [3.05, 3.63) is 64.6 Å². The number of nitrogens with one attached hydrogen (secondary N) is 3. The van der Waals surface area contributed by atoms with E-state index < -0.39 is 23.6 Å². The van der Waals surface area contributed by atoms with Crippen molar-refractivity contribution in [3.8, 4) is 17.0 Å². The van der Waals surface area contributed by atoms with Crippen LogP contribution in [0.15, 0.2) is 36.5 Å². The first-order valence-corrected chi connectivity index (χ1v) is 13.2. The van der Waals surface area contributed by atoms with E-state index in [4.69, 9.17) is 16.3 Å². The minimum absolute atomic E-state index is 0.0720. The number of rotatable bonds is 6. The number of urea groups is 1. The molecule has 3 N–H and O–H groups in total. The molecule has 12 nitrogen and oxygen atoms in total. The number of aromatic nitrogens is 2.